The number of rotatable bonds is 1. The summed E-state index contributed by atoms with van der Waals surface area (Å²) in [5, 5.41) is 0.256. The molecule has 0 heterocycles. The summed E-state index contributed by atoms with van der Waals surface area (Å²) in [4.78, 5) is 4.39. The van der Waals surface area contributed by atoms with E-state index in [2.05, 4.69) is 43.6 Å². The normalized spacial score (nSPS) is 30.3. The average molecular weight is 181 g/mol. The van der Waals surface area contributed by atoms with Crippen molar-refractivity contribution in [3.05, 3.63) is 23.3 Å². The molecular formula is C10H15NS. The molecule has 0 fully saturated rings. The van der Waals surface area contributed by atoms with Gasteiger partial charge in [0, 0.05) is 5.25 Å². The second kappa shape index (κ2) is 3.94. The molecule has 66 valence electrons. The summed E-state index contributed by atoms with van der Waals surface area (Å²) in [6, 6.07) is 0.239. The molecule has 0 amide bonds. The van der Waals surface area contributed by atoms with Crippen molar-refractivity contribution in [2.45, 2.75) is 32.1 Å². The highest BCUT2D eigenvalue weighted by Crippen LogP contribution is 2.25. The van der Waals surface area contributed by atoms with Crippen LogP contribution < -0.4 is 0 Å². The zero-order valence-electron chi connectivity index (χ0n) is 7.78. The molecule has 0 N–H and O–H groups in total. The van der Waals surface area contributed by atoms with Gasteiger partial charge in [-0.15, -0.1) is 0 Å². The van der Waals surface area contributed by atoms with Crippen LogP contribution in [0.15, 0.2) is 28.3 Å². The van der Waals surface area contributed by atoms with E-state index in [4.69, 9.17) is 0 Å². The second-order valence-corrected chi connectivity index (χ2v) is 3.67. The van der Waals surface area contributed by atoms with Gasteiger partial charge >= 0.3 is 0 Å². The Bertz CT molecular complexity index is 251. The maximum Gasteiger partial charge on any atom is 0.0859 e. The Balaban J connectivity index is 2.89. The zero-order chi connectivity index (χ0) is 9.14. The van der Waals surface area contributed by atoms with E-state index >= 15 is 0 Å². The fourth-order valence-corrected chi connectivity index (χ4v) is 1.72. The van der Waals surface area contributed by atoms with Crippen molar-refractivity contribution in [2.75, 3.05) is 0 Å². The number of allylic oxidation sites excluding steroid dienone is 2. The summed E-state index contributed by atoms with van der Waals surface area (Å²) < 4.78 is 0. The van der Waals surface area contributed by atoms with Gasteiger partial charge < -0.3 is 0 Å². The molecule has 2 unspecified atom stereocenters. The number of thiol groups is 1. The van der Waals surface area contributed by atoms with Gasteiger partial charge in [0.25, 0.3) is 0 Å². The van der Waals surface area contributed by atoms with Crippen LogP contribution in [-0.2, 0) is 0 Å². The van der Waals surface area contributed by atoms with Crippen LogP contribution in [0.4, 0.5) is 0 Å². The average Bonchev–Trinajstić information content (AvgIpc) is 2.06. The van der Waals surface area contributed by atoms with Crippen molar-refractivity contribution in [3.63, 3.8) is 0 Å². The van der Waals surface area contributed by atoms with Gasteiger partial charge in [0.2, 0.25) is 0 Å². The second-order valence-electron chi connectivity index (χ2n) is 3.12. The van der Waals surface area contributed by atoms with E-state index in [-0.39, 0.29) is 11.3 Å². The Kier molecular flexibility index (Phi) is 3.15. The van der Waals surface area contributed by atoms with Crippen molar-refractivity contribution in [3.8, 4) is 0 Å². The minimum Gasteiger partial charge on any atom is -0.289 e. The molecule has 0 saturated heterocycles. The SMILES string of the molecule is C/C=N\C1C(C)=CC=C(C)C1S. The van der Waals surface area contributed by atoms with Gasteiger partial charge in [0.1, 0.15) is 0 Å². The molecule has 0 saturated carbocycles. The third-order valence-electron chi connectivity index (χ3n) is 2.15. The number of hydrogen-bond donors (Lipinski definition) is 1. The Labute approximate surface area is 79.7 Å². The molecule has 2 atom stereocenters. The fourth-order valence-electron chi connectivity index (χ4n) is 1.32. The van der Waals surface area contributed by atoms with Crippen molar-refractivity contribution in [1.82, 2.24) is 0 Å². The Morgan fingerprint density at radius 1 is 1.33 bits per heavy atom. The van der Waals surface area contributed by atoms with Crippen LogP contribution in [0.1, 0.15) is 20.8 Å². The van der Waals surface area contributed by atoms with E-state index in [1.807, 2.05) is 13.1 Å². The molecule has 0 bridgehead atoms. The van der Waals surface area contributed by atoms with Crippen LogP contribution in [-0.4, -0.2) is 17.5 Å². The van der Waals surface area contributed by atoms with Crippen molar-refractivity contribution in [1.29, 1.82) is 0 Å². The molecule has 1 aliphatic rings. The van der Waals surface area contributed by atoms with Crippen LogP contribution in [0.5, 0.6) is 0 Å². The van der Waals surface area contributed by atoms with E-state index in [1.165, 1.54) is 11.1 Å². The third kappa shape index (κ3) is 1.81. The zero-order valence-corrected chi connectivity index (χ0v) is 8.68. The first-order valence-electron chi connectivity index (χ1n) is 4.17. The van der Waals surface area contributed by atoms with Gasteiger partial charge in [-0.25, -0.2) is 0 Å². The molecule has 0 radical (unpaired) electrons. The lowest BCUT2D eigenvalue weighted by Crippen LogP contribution is -2.24. The highest BCUT2D eigenvalue weighted by Gasteiger charge is 2.21. The molecule has 2 heteroatoms. The highest BCUT2D eigenvalue weighted by molar-refractivity contribution is 7.81. The Morgan fingerprint density at radius 2 is 1.92 bits per heavy atom. The smallest absolute Gasteiger partial charge is 0.0859 e. The van der Waals surface area contributed by atoms with Crippen LogP contribution in [0.25, 0.3) is 0 Å². The lowest BCUT2D eigenvalue weighted by atomic mass is 9.95. The molecule has 0 aromatic rings. The maximum atomic E-state index is 4.52. The van der Waals surface area contributed by atoms with Gasteiger partial charge in [-0.1, -0.05) is 17.7 Å². The van der Waals surface area contributed by atoms with Gasteiger partial charge in [-0.2, -0.15) is 12.6 Å². The first-order valence-corrected chi connectivity index (χ1v) is 4.69. The summed E-state index contributed by atoms with van der Waals surface area (Å²) in [5.41, 5.74) is 2.58. The number of hydrogen-bond acceptors (Lipinski definition) is 2. The van der Waals surface area contributed by atoms with Gasteiger partial charge in [-0.05, 0) is 32.6 Å². The summed E-state index contributed by atoms with van der Waals surface area (Å²) in [5.74, 6) is 0. The predicted molar refractivity (Wildman–Crippen MR) is 58.2 cm³/mol. The first kappa shape index (κ1) is 9.59. The largest absolute Gasteiger partial charge is 0.289 e. The van der Waals surface area contributed by atoms with E-state index in [9.17, 15) is 0 Å². The van der Waals surface area contributed by atoms with E-state index in [0.717, 1.165) is 0 Å². The summed E-state index contributed by atoms with van der Waals surface area (Å²) >= 11 is 4.52. The predicted octanol–water partition coefficient (Wildman–Crippen LogP) is 2.65. The van der Waals surface area contributed by atoms with Crippen LogP contribution in [0, 0.1) is 0 Å². The topological polar surface area (TPSA) is 12.4 Å². The summed E-state index contributed by atoms with van der Waals surface area (Å²) in [7, 11) is 0. The molecule has 1 aliphatic carbocycles. The Morgan fingerprint density at radius 3 is 2.50 bits per heavy atom. The van der Waals surface area contributed by atoms with Crippen LogP contribution >= 0.6 is 12.6 Å². The minimum atomic E-state index is 0.239. The van der Waals surface area contributed by atoms with Crippen molar-refractivity contribution < 1.29 is 0 Å². The maximum absolute atomic E-state index is 4.52. The molecule has 1 rings (SSSR count). The lowest BCUT2D eigenvalue weighted by molar-refractivity contribution is 0.768. The van der Waals surface area contributed by atoms with Gasteiger partial charge in [0.15, 0.2) is 0 Å². The van der Waals surface area contributed by atoms with E-state index in [0.29, 0.717) is 0 Å². The first-order chi connectivity index (χ1) is 5.66. The van der Waals surface area contributed by atoms with Crippen molar-refractivity contribution >= 4 is 18.8 Å². The third-order valence-corrected chi connectivity index (χ3v) is 2.84. The monoisotopic (exact) mass is 181 g/mol. The fraction of sp³-hybridized carbons (Fsp3) is 0.500. The minimum absolute atomic E-state index is 0.239. The molecule has 0 spiro atoms. The molecular weight excluding hydrogens is 166 g/mol. The lowest BCUT2D eigenvalue weighted by Gasteiger charge is -2.24. The standard InChI is InChI=1S/C10H15NS/c1-4-11-9-7(2)5-6-8(3)10(9)12/h4-6,9-10,12H,1-3H3/b11-4-. The summed E-state index contributed by atoms with van der Waals surface area (Å²) in [6.45, 7) is 6.14. The Hall–Kier alpha value is -0.500. The molecule has 0 aliphatic heterocycles. The van der Waals surface area contributed by atoms with E-state index in [1.54, 1.807) is 0 Å². The number of nitrogens with zero attached hydrogens (tertiary/aromatic N) is 1. The quantitative estimate of drug-likeness (QED) is 0.471. The molecule has 1 nitrogen and oxygen atoms in total. The molecule has 12 heavy (non-hydrogen) atoms. The molecule has 0 aromatic carbocycles. The number of aliphatic imine (C=N–C) groups is 1. The van der Waals surface area contributed by atoms with Gasteiger partial charge in [-0.3, -0.25) is 4.99 Å². The highest BCUT2D eigenvalue weighted by atomic mass is 32.1. The van der Waals surface area contributed by atoms with Gasteiger partial charge in [0.05, 0.1) is 6.04 Å². The van der Waals surface area contributed by atoms with Crippen LogP contribution in [0.3, 0.4) is 0 Å². The summed E-state index contributed by atoms with van der Waals surface area (Å²) in [6.07, 6.45) is 6.10. The molecule has 0 aromatic heterocycles. The van der Waals surface area contributed by atoms with Crippen molar-refractivity contribution in [2.24, 2.45) is 4.99 Å². The van der Waals surface area contributed by atoms with E-state index < -0.39 is 0 Å². The van der Waals surface area contributed by atoms with Crippen LogP contribution in [0.2, 0.25) is 0 Å².